The molecule has 148 valence electrons. The van der Waals surface area contributed by atoms with Crippen molar-refractivity contribution in [1.29, 1.82) is 0 Å². The Balaban J connectivity index is 1.62. The third-order valence-electron chi connectivity index (χ3n) is 5.19. The number of nitrogens with one attached hydrogen (secondary N) is 1. The zero-order chi connectivity index (χ0) is 20.1. The molecule has 1 heterocycles. The third kappa shape index (κ3) is 4.71. The van der Waals surface area contributed by atoms with Gasteiger partial charge in [-0.1, -0.05) is 35.4 Å². The van der Waals surface area contributed by atoms with E-state index in [4.69, 9.17) is 4.74 Å². The Labute approximate surface area is 166 Å². The first-order chi connectivity index (χ1) is 13.5. The Morgan fingerprint density at radius 2 is 1.86 bits per heavy atom. The number of para-hydroxylation sites is 1. The summed E-state index contributed by atoms with van der Waals surface area (Å²) in [7, 11) is 1.62. The van der Waals surface area contributed by atoms with E-state index in [0.29, 0.717) is 25.2 Å². The molecule has 2 amide bonds. The van der Waals surface area contributed by atoms with E-state index in [2.05, 4.69) is 11.4 Å². The number of amides is 2. The number of methoxy groups -OCH3 is 1. The summed E-state index contributed by atoms with van der Waals surface area (Å²) in [5, 5.41) is 3.00. The van der Waals surface area contributed by atoms with Gasteiger partial charge in [-0.25, -0.2) is 0 Å². The van der Waals surface area contributed by atoms with Gasteiger partial charge in [-0.05, 0) is 44.9 Å². The molecule has 3 rings (SSSR count). The molecule has 0 saturated carbocycles. The Kier molecular flexibility index (Phi) is 6.34. The maximum atomic E-state index is 12.9. The van der Waals surface area contributed by atoms with Gasteiger partial charge in [0.2, 0.25) is 5.91 Å². The van der Waals surface area contributed by atoms with Crippen LogP contribution in [0.15, 0.2) is 42.5 Å². The summed E-state index contributed by atoms with van der Waals surface area (Å²) < 4.78 is 5.34. The van der Waals surface area contributed by atoms with Crippen LogP contribution in [-0.4, -0.2) is 36.9 Å². The molecule has 1 aliphatic heterocycles. The number of nitrogens with zero attached hydrogens (tertiary/aromatic N) is 1. The van der Waals surface area contributed by atoms with Crippen molar-refractivity contribution in [3.8, 4) is 5.75 Å². The lowest BCUT2D eigenvalue weighted by atomic mass is 9.96. The van der Waals surface area contributed by atoms with Gasteiger partial charge in [-0.15, -0.1) is 0 Å². The largest absolute Gasteiger partial charge is 0.496 e. The average molecular weight is 380 g/mol. The lowest BCUT2D eigenvalue weighted by Gasteiger charge is -2.32. The molecule has 1 aliphatic rings. The smallest absolute Gasteiger partial charge is 0.253 e. The molecule has 1 fully saturated rings. The molecular formula is C23H28N2O3. The normalized spacial score (nSPS) is 16.5. The van der Waals surface area contributed by atoms with E-state index in [1.54, 1.807) is 7.11 Å². The highest BCUT2D eigenvalue weighted by atomic mass is 16.5. The number of carbonyl (C=O) groups is 2. The van der Waals surface area contributed by atoms with Crippen LogP contribution in [0, 0.1) is 19.8 Å². The summed E-state index contributed by atoms with van der Waals surface area (Å²) in [6, 6.07) is 13.5. The van der Waals surface area contributed by atoms with Crippen LogP contribution in [-0.2, 0) is 11.3 Å². The second kappa shape index (κ2) is 8.91. The Morgan fingerprint density at radius 3 is 2.57 bits per heavy atom. The zero-order valence-corrected chi connectivity index (χ0v) is 16.8. The topological polar surface area (TPSA) is 58.6 Å². The molecule has 0 spiro atoms. The second-order valence-corrected chi connectivity index (χ2v) is 7.50. The van der Waals surface area contributed by atoms with Crippen molar-refractivity contribution in [2.45, 2.75) is 33.2 Å². The second-order valence-electron chi connectivity index (χ2n) is 7.50. The number of hydrogen-bond donors (Lipinski definition) is 1. The standard InChI is InChI=1S/C23H28N2O3/c1-16-11-17(2)13-20(12-16)23(27)25-10-6-8-19(15-25)22(26)24-14-18-7-4-5-9-21(18)28-3/h4-5,7,9,11-13,19H,6,8,10,14-15H2,1-3H3,(H,24,26)/t19-/m1/s1. The van der Waals surface area contributed by atoms with Gasteiger partial charge >= 0.3 is 0 Å². The van der Waals surface area contributed by atoms with Gasteiger partial charge in [0.25, 0.3) is 5.91 Å². The predicted molar refractivity (Wildman–Crippen MR) is 109 cm³/mol. The number of carbonyl (C=O) groups excluding carboxylic acids is 2. The maximum absolute atomic E-state index is 12.9. The monoisotopic (exact) mass is 380 g/mol. The zero-order valence-electron chi connectivity index (χ0n) is 16.8. The van der Waals surface area contributed by atoms with Crippen molar-refractivity contribution >= 4 is 11.8 Å². The number of ether oxygens (including phenoxy) is 1. The van der Waals surface area contributed by atoms with Crippen LogP contribution >= 0.6 is 0 Å². The SMILES string of the molecule is COc1ccccc1CNC(=O)[C@@H]1CCCN(C(=O)c2cc(C)cc(C)c2)C1. The van der Waals surface area contributed by atoms with Crippen molar-refractivity contribution in [2.24, 2.45) is 5.92 Å². The van der Waals surface area contributed by atoms with E-state index in [-0.39, 0.29) is 17.7 Å². The minimum atomic E-state index is -0.182. The maximum Gasteiger partial charge on any atom is 0.253 e. The number of aryl methyl sites for hydroxylation is 2. The highest BCUT2D eigenvalue weighted by molar-refractivity contribution is 5.95. The molecule has 0 aromatic heterocycles. The van der Waals surface area contributed by atoms with Crippen LogP contribution in [0.1, 0.15) is 39.9 Å². The lowest BCUT2D eigenvalue weighted by molar-refractivity contribution is -0.126. The summed E-state index contributed by atoms with van der Waals surface area (Å²) in [6.45, 7) is 5.57. The van der Waals surface area contributed by atoms with E-state index in [1.807, 2.05) is 55.1 Å². The molecule has 1 saturated heterocycles. The molecule has 1 atom stereocenters. The van der Waals surface area contributed by atoms with Gasteiger partial charge in [0.1, 0.15) is 5.75 Å². The van der Waals surface area contributed by atoms with E-state index >= 15 is 0 Å². The van der Waals surface area contributed by atoms with Crippen LogP contribution in [0.2, 0.25) is 0 Å². The molecule has 0 aliphatic carbocycles. The average Bonchev–Trinajstić information content (AvgIpc) is 2.71. The molecular weight excluding hydrogens is 352 g/mol. The van der Waals surface area contributed by atoms with Crippen LogP contribution in [0.25, 0.3) is 0 Å². The predicted octanol–water partition coefficient (Wildman–Crippen LogP) is 3.48. The molecule has 1 N–H and O–H groups in total. The summed E-state index contributed by atoms with van der Waals surface area (Å²) >= 11 is 0. The van der Waals surface area contributed by atoms with Crippen molar-refractivity contribution in [2.75, 3.05) is 20.2 Å². The first-order valence-electron chi connectivity index (χ1n) is 9.75. The highest BCUT2D eigenvalue weighted by Crippen LogP contribution is 2.21. The number of piperidine rings is 1. The van der Waals surface area contributed by atoms with Crippen molar-refractivity contribution in [3.63, 3.8) is 0 Å². The molecule has 5 heteroatoms. The van der Waals surface area contributed by atoms with E-state index in [1.165, 1.54) is 0 Å². The molecule has 28 heavy (non-hydrogen) atoms. The minimum Gasteiger partial charge on any atom is -0.496 e. The summed E-state index contributed by atoms with van der Waals surface area (Å²) in [5.41, 5.74) is 3.79. The fourth-order valence-electron chi connectivity index (χ4n) is 3.83. The van der Waals surface area contributed by atoms with Crippen LogP contribution in [0.5, 0.6) is 5.75 Å². The van der Waals surface area contributed by atoms with E-state index in [0.717, 1.165) is 35.3 Å². The van der Waals surface area contributed by atoms with Crippen molar-refractivity contribution in [1.82, 2.24) is 10.2 Å². The van der Waals surface area contributed by atoms with Gasteiger partial charge in [0, 0.05) is 30.8 Å². The summed E-state index contributed by atoms with van der Waals surface area (Å²) in [6.07, 6.45) is 1.64. The number of benzene rings is 2. The molecule has 2 aromatic carbocycles. The van der Waals surface area contributed by atoms with Gasteiger partial charge in [-0.2, -0.15) is 0 Å². The molecule has 0 radical (unpaired) electrons. The molecule has 0 unspecified atom stereocenters. The van der Waals surface area contributed by atoms with Crippen LogP contribution < -0.4 is 10.1 Å². The van der Waals surface area contributed by atoms with E-state index < -0.39 is 0 Å². The summed E-state index contributed by atoms with van der Waals surface area (Å²) in [4.78, 5) is 27.4. The van der Waals surface area contributed by atoms with Crippen molar-refractivity contribution < 1.29 is 14.3 Å². The number of hydrogen-bond acceptors (Lipinski definition) is 3. The van der Waals surface area contributed by atoms with E-state index in [9.17, 15) is 9.59 Å². The summed E-state index contributed by atoms with van der Waals surface area (Å²) in [5.74, 6) is 0.578. The van der Waals surface area contributed by atoms with Crippen LogP contribution in [0.3, 0.4) is 0 Å². The fourth-order valence-corrected chi connectivity index (χ4v) is 3.83. The minimum absolute atomic E-state index is 0.00836. The van der Waals surface area contributed by atoms with Crippen molar-refractivity contribution in [3.05, 3.63) is 64.7 Å². The fraction of sp³-hybridized carbons (Fsp3) is 0.391. The van der Waals surface area contributed by atoms with Gasteiger partial charge in [0.15, 0.2) is 0 Å². The van der Waals surface area contributed by atoms with Gasteiger partial charge in [0.05, 0.1) is 13.0 Å². The molecule has 0 bridgehead atoms. The van der Waals surface area contributed by atoms with Gasteiger partial charge in [-0.3, -0.25) is 9.59 Å². The Hall–Kier alpha value is -2.82. The first-order valence-corrected chi connectivity index (χ1v) is 9.75. The van der Waals surface area contributed by atoms with Gasteiger partial charge < -0.3 is 15.0 Å². The molecule has 2 aromatic rings. The molecule has 5 nitrogen and oxygen atoms in total. The Bertz CT molecular complexity index is 842. The number of likely N-dealkylation sites (tertiary alicyclic amines) is 1. The quantitative estimate of drug-likeness (QED) is 0.864. The first kappa shape index (κ1) is 19.9. The lowest BCUT2D eigenvalue weighted by Crippen LogP contribution is -2.45. The number of rotatable bonds is 5. The Morgan fingerprint density at radius 1 is 1.14 bits per heavy atom. The van der Waals surface area contributed by atoms with Crippen LogP contribution in [0.4, 0.5) is 0 Å². The highest BCUT2D eigenvalue weighted by Gasteiger charge is 2.29. The third-order valence-corrected chi connectivity index (χ3v) is 5.19.